The zero-order valence-electron chi connectivity index (χ0n) is 10.4. The average molecular weight is 236 g/mol. The summed E-state index contributed by atoms with van der Waals surface area (Å²) >= 11 is 0. The lowest BCUT2D eigenvalue weighted by molar-refractivity contribution is 0.0129. The molecule has 0 aromatic carbocycles. The van der Waals surface area contributed by atoms with Crippen molar-refractivity contribution in [2.45, 2.75) is 51.7 Å². The van der Waals surface area contributed by atoms with Crippen molar-refractivity contribution in [2.24, 2.45) is 0 Å². The molecule has 1 unspecified atom stereocenters. The van der Waals surface area contributed by atoms with Gasteiger partial charge >= 0.3 is 0 Å². The summed E-state index contributed by atoms with van der Waals surface area (Å²) in [5.41, 5.74) is 0.715. The highest BCUT2D eigenvalue weighted by Crippen LogP contribution is 2.17. The number of hydrogen-bond donors (Lipinski definition) is 0. The van der Waals surface area contributed by atoms with Crippen LogP contribution >= 0.6 is 0 Å². The van der Waals surface area contributed by atoms with Crippen molar-refractivity contribution >= 4 is 5.78 Å². The molecule has 4 heteroatoms. The van der Waals surface area contributed by atoms with E-state index in [1.807, 2.05) is 10.9 Å². The molecule has 1 fully saturated rings. The van der Waals surface area contributed by atoms with Crippen molar-refractivity contribution in [3.63, 3.8) is 0 Å². The third kappa shape index (κ3) is 3.40. The van der Waals surface area contributed by atoms with Crippen molar-refractivity contribution in [3.05, 3.63) is 18.0 Å². The largest absolute Gasteiger partial charge is 0.378 e. The molecule has 1 aliphatic rings. The van der Waals surface area contributed by atoms with Gasteiger partial charge in [-0.15, -0.1) is 0 Å². The zero-order valence-corrected chi connectivity index (χ0v) is 10.4. The minimum absolute atomic E-state index is 0.116. The van der Waals surface area contributed by atoms with E-state index in [1.54, 1.807) is 6.20 Å². The summed E-state index contributed by atoms with van der Waals surface area (Å²) < 4.78 is 7.40. The van der Waals surface area contributed by atoms with Gasteiger partial charge in [-0.05, 0) is 25.7 Å². The van der Waals surface area contributed by atoms with Gasteiger partial charge in [-0.1, -0.05) is 6.92 Å². The van der Waals surface area contributed by atoms with Gasteiger partial charge in [0.15, 0.2) is 5.78 Å². The number of carbonyl (C=O) groups is 1. The molecule has 2 heterocycles. The van der Waals surface area contributed by atoms with E-state index in [4.69, 9.17) is 4.74 Å². The van der Waals surface area contributed by atoms with Gasteiger partial charge in [-0.2, -0.15) is 5.10 Å². The summed E-state index contributed by atoms with van der Waals surface area (Å²) in [7, 11) is 0. The third-order valence-electron chi connectivity index (χ3n) is 3.09. The third-order valence-corrected chi connectivity index (χ3v) is 3.09. The molecular weight excluding hydrogens is 216 g/mol. The lowest BCUT2D eigenvalue weighted by Crippen LogP contribution is -2.22. The molecule has 1 aliphatic heterocycles. The van der Waals surface area contributed by atoms with Crippen LogP contribution in [0, 0.1) is 0 Å². The minimum Gasteiger partial charge on any atom is -0.378 e. The summed E-state index contributed by atoms with van der Waals surface area (Å²) in [5.74, 6) is 0.152. The van der Waals surface area contributed by atoms with Gasteiger partial charge in [0.25, 0.3) is 0 Å². The molecule has 1 aromatic rings. The molecule has 0 radical (unpaired) electrons. The van der Waals surface area contributed by atoms with E-state index in [0.717, 1.165) is 32.4 Å². The standard InChI is InChI=1S/C13H20N2O2/c1-2-6-15-10-11(9-14-15)13(16)8-12-5-3-4-7-17-12/h9-10,12H,2-8H2,1H3. The van der Waals surface area contributed by atoms with Crippen LogP contribution in [-0.2, 0) is 11.3 Å². The molecule has 0 N–H and O–H groups in total. The van der Waals surface area contributed by atoms with E-state index in [0.29, 0.717) is 12.0 Å². The molecule has 1 saturated heterocycles. The fourth-order valence-electron chi connectivity index (χ4n) is 2.15. The van der Waals surface area contributed by atoms with Gasteiger partial charge in [0.2, 0.25) is 0 Å². The first-order valence-corrected chi connectivity index (χ1v) is 6.47. The monoisotopic (exact) mass is 236 g/mol. The van der Waals surface area contributed by atoms with E-state index in [2.05, 4.69) is 12.0 Å². The Labute approximate surface area is 102 Å². The van der Waals surface area contributed by atoms with E-state index in [1.165, 1.54) is 6.42 Å². The highest BCUT2D eigenvalue weighted by Gasteiger charge is 2.19. The summed E-state index contributed by atoms with van der Waals surface area (Å²) in [4.78, 5) is 12.0. The molecule has 17 heavy (non-hydrogen) atoms. The predicted molar refractivity (Wildman–Crippen MR) is 65.1 cm³/mol. The van der Waals surface area contributed by atoms with Crippen LogP contribution < -0.4 is 0 Å². The molecule has 0 amide bonds. The van der Waals surface area contributed by atoms with Gasteiger partial charge in [0.05, 0.1) is 17.9 Å². The fraction of sp³-hybridized carbons (Fsp3) is 0.692. The highest BCUT2D eigenvalue weighted by atomic mass is 16.5. The number of carbonyl (C=O) groups excluding carboxylic acids is 1. The number of nitrogens with zero attached hydrogens (tertiary/aromatic N) is 2. The van der Waals surface area contributed by atoms with Crippen molar-refractivity contribution in [3.8, 4) is 0 Å². The van der Waals surface area contributed by atoms with Crippen LogP contribution in [-0.4, -0.2) is 28.3 Å². The predicted octanol–water partition coefficient (Wildman–Crippen LogP) is 2.44. The van der Waals surface area contributed by atoms with Gasteiger partial charge < -0.3 is 4.74 Å². The number of rotatable bonds is 5. The second kappa shape index (κ2) is 5.96. The SMILES string of the molecule is CCCn1cc(C(=O)CC2CCCCO2)cn1. The smallest absolute Gasteiger partial charge is 0.168 e. The fourth-order valence-corrected chi connectivity index (χ4v) is 2.15. The minimum atomic E-state index is 0.116. The maximum Gasteiger partial charge on any atom is 0.168 e. The van der Waals surface area contributed by atoms with E-state index >= 15 is 0 Å². The topological polar surface area (TPSA) is 44.1 Å². The molecule has 0 saturated carbocycles. The lowest BCUT2D eigenvalue weighted by atomic mass is 10.0. The maximum absolute atomic E-state index is 12.0. The number of aryl methyl sites for hydroxylation is 1. The first-order chi connectivity index (χ1) is 8.29. The van der Waals surface area contributed by atoms with Crippen LogP contribution in [0.1, 0.15) is 49.4 Å². The summed E-state index contributed by atoms with van der Waals surface area (Å²) in [6.45, 7) is 3.76. The Morgan fingerprint density at radius 2 is 2.47 bits per heavy atom. The van der Waals surface area contributed by atoms with Crippen molar-refractivity contribution in [1.82, 2.24) is 9.78 Å². The molecular formula is C13H20N2O2. The van der Waals surface area contributed by atoms with Gasteiger partial charge in [-0.3, -0.25) is 9.48 Å². The molecule has 94 valence electrons. The Hall–Kier alpha value is -1.16. The van der Waals surface area contributed by atoms with Crippen LogP contribution in [0.25, 0.3) is 0 Å². The number of ketones is 1. The van der Waals surface area contributed by atoms with E-state index in [-0.39, 0.29) is 11.9 Å². The van der Waals surface area contributed by atoms with E-state index in [9.17, 15) is 4.79 Å². The summed E-state index contributed by atoms with van der Waals surface area (Å²) in [6.07, 6.45) is 8.46. The quantitative estimate of drug-likeness (QED) is 0.737. The Morgan fingerprint density at radius 3 is 3.18 bits per heavy atom. The Balaban J connectivity index is 1.89. The molecule has 1 atom stereocenters. The second-order valence-electron chi connectivity index (χ2n) is 4.61. The van der Waals surface area contributed by atoms with Crippen molar-refractivity contribution in [1.29, 1.82) is 0 Å². The number of Topliss-reactive ketones (excluding diaryl/α,β-unsaturated/α-hetero) is 1. The van der Waals surface area contributed by atoms with Crippen LogP contribution in [0.5, 0.6) is 0 Å². The van der Waals surface area contributed by atoms with Gasteiger partial charge in [0, 0.05) is 25.8 Å². The summed E-state index contributed by atoms with van der Waals surface area (Å²) in [6, 6.07) is 0. The van der Waals surface area contributed by atoms with Crippen LogP contribution in [0.4, 0.5) is 0 Å². The van der Waals surface area contributed by atoms with E-state index < -0.39 is 0 Å². The first kappa shape index (κ1) is 12.3. The number of hydrogen-bond acceptors (Lipinski definition) is 3. The normalized spacial score (nSPS) is 20.4. The molecule has 0 spiro atoms. The number of aromatic nitrogens is 2. The Morgan fingerprint density at radius 1 is 1.59 bits per heavy atom. The van der Waals surface area contributed by atoms with Crippen LogP contribution in [0.15, 0.2) is 12.4 Å². The Bertz CT molecular complexity index is 367. The molecule has 0 aliphatic carbocycles. The molecule has 0 bridgehead atoms. The second-order valence-corrected chi connectivity index (χ2v) is 4.61. The van der Waals surface area contributed by atoms with Crippen LogP contribution in [0.3, 0.4) is 0 Å². The maximum atomic E-state index is 12.0. The van der Waals surface area contributed by atoms with Crippen LogP contribution in [0.2, 0.25) is 0 Å². The zero-order chi connectivity index (χ0) is 12.1. The first-order valence-electron chi connectivity index (χ1n) is 6.47. The highest BCUT2D eigenvalue weighted by molar-refractivity contribution is 5.95. The van der Waals surface area contributed by atoms with Crippen molar-refractivity contribution in [2.75, 3.05) is 6.61 Å². The van der Waals surface area contributed by atoms with Gasteiger partial charge in [-0.25, -0.2) is 0 Å². The molecule has 2 rings (SSSR count). The average Bonchev–Trinajstić information content (AvgIpc) is 2.79. The van der Waals surface area contributed by atoms with Crippen molar-refractivity contribution < 1.29 is 9.53 Å². The van der Waals surface area contributed by atoms with Gasteiger partial charge in [0.1, 0.15) is 0 Å². The number of ether oxygens (including phenoxy) is 1. The molecule has 1 aromatic heterocycles. The lowest BCUT2D eigenvalue weighted by Gasteiger charge is -2.21. The Kier molecular flexibility index (Phi) is 4.31. The molecule has 4 nitrogen and oxygen atoms in total. The summed E-state index contributed by atoms with van der Waals surface area (Å²) in [5, 5.41) is 4.18.